The Hall–Kier alpha value is -1.14. The van der Waals surface area contributed by atoms with Gasteiger partial charge in [0, 0.05) is 5.41 Å². The van der Waals surface area contributed by atoms with E-state index in [-0.39, 0.29) is 5.41 Å². The van der Waals surface area contributed by atoms with Crippen LogP contribution in [0.4, 0.5) is 0 Å². The maximum Gasteiger partial charge on any atom is 0.162 e. The van der Waals surface area contributed by atoms with Crippen molar-refractivity contribution in [2.45, 2.75) is 33.2 Å². The van der Waals surface area contributed by atoms with Crippen LogP contribution < -0.4 is 4.74 Å². The van der Waals surface area contributed by atoms with Gasteiger partial charge in [-0.05, 0) is 31.5 Å². The van der Waals surface area contributed by atoms with E-state index in [9.17, 15) is 0 Å². The molecular weight excluding hydrogens is 296 g/mol. The minimum absolute atomic E-state index is 0.0918. The van der Waals surface area contributed by atoms with Crippen molar-refractivity contribution < 1.29 is 23.7 Å². The lowest BCUT2D eigenvalue weighted by molar-refractivity contribution is -0.288. The predicted molar refractivity (Wildman–Crippen MR) is 87.6 cm³/mol. The summed E-state index contributed by atoms with van der Waals surface area (Å²) in [6.07, 6.45) is 0. The topological polar surface area (TPSA) is 46.2 Å². The van der Waals surface area contributed by atoms with Gasteiger partial charge in [0.1, 0.15) is 5.75 Å². The van der Waals surface area contributed by atoms with E-state index in [2.05, 4.69) is 6.92 Å². The van der Waals surface area contributed by atoms with Crippen LogP contribution in [0.25, 0.3) is 0 Å². The molecule has 1 heterocycles. The first-order chi connectivity index (χ1) is 10.9. The van der Waals surface area contributed by atoms with Crippen LogP contribution >= 0.6 is 0 Å². The molecule has 5 heteroatoms. The van der Waals surface area contributed by atoms with Crippen LogP contribution in [-0.2, 0) is 25.6 Å². The summed E-state index contributed by atoms with van der Waals surface area (Å²) in [5.41, 5.74) is 1.03. The molecule has 2 rings (SSSR count). The zero-order chi connectivity index (χ0) is 16.8. The van der Waals surface area contributed by atoms with E-state index in [1.165, 1.54) is 0 Å². The minimum atomic E-state index is -0.485. The molecule has 1 aliphatic rings. The van der Waals surface area contributed by atoms with E-state index in [4.69, 9.17) is 23.7 Å². The lowest BCUT2D eigenvalue weighted by Crippen LogP contribution is -2.47. The number of ether oxygens (including phenoxy) is 5. The molecule has 0 atom stereocenters. The zero-order valence-corrected chi connectivity index (χ0v) is 14.6. The molecule has 0 aromatic heterocycles. The Morgan fingerprint density at radius 1 is 0.957 bits per heavy atom. The normalized spacial score (nSPS) is 19.5. The maximum absolute atomic E-state index is 5.71. The molecule has 0 N–H and O–H groups in total. The third-order valence-electron chi connectivity index (χ3n) is 3.79. The largest absolute Gasteiger partial charge is 0.497 e. The Balaban J connectivity index is 1.57. The molecule has 1 aromatic carbocycles. The Labute approximate surface area is 138 Å². The average molecular weight is 324 g/mol. The van der Waals surface area contributed by atoms with Crippen molar-refractivity contribution in [2.24, 2.45) is 5.41 Å². The van der Waals surface area contributed by atoms with Crippen molar-refractivity contribution >= 4 is 0 Å². The summed E-state index contributed by atoms with van der Waals surface area (Å²) >= 11 is 0. The van der Waals surface area contributed by atoms with E-state index in [0.29, 0.717) is 39.6 Å². The Bertz CT molecular complexity index is 459. The second-order valence-electron chi connectivity index (χ2n) is 6.74. The highest BCUT2D eigenvalue weighted by molar-refractivity contribution is 5.26. The van der Waals surface area contributed by atoms with Gasteiger partial charge >= 0.3 is 0 Å². The molecule has 0 saturated carbocycles. The van der Waals surface area contributed by atoms with E-state index in [1.807, 2.05) is 38.1 Å². The van der Waals surface area contributed by atoms with Crippen molar-refractivity contribution in [1.82, 2.24) is 0 Å². The first-order valence-corrected chi connectivity index (χ1v) is 7.99. The standard InChI is InChI=1S/C18H28O5/c1-17(2)22-13-18(3,14-23-17)12-21-10-9-20-11-15-5-7-16(19-4)8-6-15/h5-8H,9-14H2,1-4H3. The molecule has 23 heavy (non-hydrogen) atoms. The van der Waals surface area contributed by atoms with Crippen LogP contribution in [0, 0.1) is 5.41 Å². The van der Waals surface area contributed by atoms with Crippen LogP contribution in [0.3, 0.4) is 0 Å². The molecule has 1 aliphatic heterocycles. The molecule has 0 radical (unpaired) electrons. The van der Waals surface area contributed by atoms with Crippen LogP contribution in [0.5, 0.6) is 5.75 Å². The van der Waals surface area contributed by atoms with Gasteiger partial charge in [-0.3, -0.25) is 0 Å². The van der Waals surface area contributed by atoms with Crippen LogP contribution in [0.1, 0.15) is 26.3 Å². The summed E-state index contributed by atoms with van der Waals surface area (Å²) in [5.74, 6) is 0.367. The van der Waals surface area contributed by atoms with Gasteiger partial charge in [-0.2, -0.15) is 0 Å². The fraction of sp³-hybridized carbons (Fsp3) is 0.667. The average Bonchev–Trinajstić information content (AvgIpc) is 2.55. The van der Waals surface area contributed by atoms with E-state index < -0.39 is 5.79 Å². The number of benzene rings is 1. The predicted octanol–water partition coefficient (Wildman–Crippen LogP) is 3.02. The van der Waals surface area contributed by atoms with Gasteiger partial charge in [0.25, 0.3) is 0 Å². The molecule has 130 valence electrons. The van der Waals surface area contributed by atoms with Gasteiger partial charge in [-0.1, -0.05) is 19.1 Å². The molecule has 1 fully saturated rings. The molecule has 0 bridgehead atoms. The van der Waals surface area contributed by atoms with Crippen molar-refractivity contribution in [3.05, 3.63) is 29.8 Å². The fourth-order valence-corrected chi connectivity index (χ4v) is 2.21. The first-order valence-electron chi connectivity index (χ1n) is 7.99. The Morgan fingerprint density at radius 2 is 1.57 bits per heavy atom. The molecule has 0 unspecified atom stereocenters. The highest BCUT2D eigenvalue weighted by atomic mass is 16.7. The number of rotatable bonds is 8. The lowest BCUT2D eigenvalue weighted by Gasteiger charge is -2.41. The van der Waals surface area contributed by atoms with Crippen molar-refractivity contribution in [3.8, 4) is 5.75 Å². The molecular formula is C18H28O5. The highest BCUT2D eigenvalue weighted by Gasteiger charge is 2.36. The third kappa shape index (κ3) is 6.11. The Morgan fingerprint density at radius 3 is 2.17 bits per heavy atom. The first kappa shape index (κ1) is 18.2. The molecule has 5 nitrogen and oxygen atoms in total. The van der Waals surface area contributed by atoms with Crippen LogP contribution in [0.15, 0.2) is 24.3 Å². The fourth-order valence-electron chi connectivity index (χ4n) is 2.21. The van der Waals surface area contributed by atoms with Gasteiger partial charge < -0.3 is 23.7 Å². The zero-order valence-electron chi connectivity index (χ0n) is 14.6. The molecule has 0 spiro atoms. The van der Waals surface area contributed by atoms with E-state index >= 15 is 0 Å². The molecule has 0 aliphatic carbocycles. The molecule has 1 aromatic rings. The molecule has 1 saturated heterocycles. The summed E-state index contributed by atoms with van der Waals surface area (Å²) in [4.78, 5) is 0. The second kappa shape index (κ2) is 8.11. The summed E-state index contributed by atoms with van der Waals surface area (Å²) in [5, 5.41) is 0. The quantitative estimate of drug-likeness (QED) is 0.688. The monoisotopic (exact) mass is 324 g/mol. The van der Waals surface area contributed by atoms with Crippen molar-refractivity contribution in [2.75, 3.05) is 40.1 Å². The Kier molecular flexibility index (Phi) is 6.41. The minimum Gasteiger partial charge on any atom is -0.497 e. The highest BCUT2D eigenvalue weighted by Crippen LogP contribution is 2.29. The summed E-state index contributed by atoms with van der Waals surface area (Å²) < 4.78 is 27.8. The number of methoxy groups -OCH3 is 1. The SMILES string of the molecule is COc1ccc(COCCOCC2(C)COC(C)(C)OC2)cc1. The van der Waals surface area contributed by atoms with Crippen molar-refractivity contribution in [3.63, 3.8) is 0 Å². The smallest absolute Gasteiger partial charge is 0.162 e. The molecule has 0 amide bonds. The summed E-state index contributed by atoms with van der Waals surface area (Å²) in [6.45, 7) is 9.57. The van der Waals surface area contributed by atoms with E-state index in [1.54, 1.807) is 7.11 Å². The summed E-state index contributed by atoms with van der Waals surface area (Å²) in [7, 11) is 1.66. The van der Waals surface area contributed by atoms with Gasteiger partial charge in [0.15, 0.2) is 5.79 Å². The van der Waals surface area contributed by atoms with Gasteiger partial charge in [0.05, 0.1) is 46.8 Å². The van der Waals surface area contributed by atoms with Crippen molar-refractivity contribution in [1.29, 1.82) is 0 Å². The van der Waals surface area contributed by atoms with E-state index in [0.717, 1.165) is 11.3 Å². The van der Waals surface area contributed by atoms with Gasteiger partial charge in [-0.15, -0.1) is 0 Å². The maximum atomic E-state index is 5.71. The van der Waals surface area contributed by atoms with Gasteiger partial charge in [-0.25, -0.2) is 0 Å². The summed E-state index contributed by atoms with van der Waals surface area (Å²) in [6, 6.07) is 7.86. The second-order valence-corrected chi connectivity index (χ2v) is 6.74. The van der Waals surface area contributed by atoms with Gasteiger partial charge in [0.2, 0.25) is 0 Å². The number of hydrogen-bond donors (Lipinski definition) is 0. The van der Waals surface area contributed by atoms with Crippen LogP contribution in [0.2, 0.25) is 0 Å². The van der Waals surface area contributed by atoms with Crippen LogP contribution in [-0.4, -0.2) is 45.9 Å². The number of hydrogen-bond acceptors (Lipinski definition) is 5. The third-order valence-corrected chi connectivity index (χ3v) is 3.79. The lowest BCUT2D eigenvalue weighted by atomic mass is 9.93.